The molecule has 1 aromatic rings. The van der Waals surface area contributed by atoms with E-state index in [2.05, 4.69) is 26.6 Å². The molecule has 2 amide bonds. The van der Waals surface area contributed by atoms with Crippen LogP contribution in [0.4, 0.5) is 5.69 Å². The maximum absolute atomic E-state index is 12.1. The van der Waals surface area contributed by atoms with Crippen molar-refractivity contribution in [3.63, 3.8) is 0 Å². The van der Waals surface area contributed by atoms with Crippen LogP contribution in [0.1, 0.15) is 24.2 Å². The summed E-state index contributed by atoms with van der Waals surface area (Å²) < 4.78 is 4.89. The fraction of sp³-hybridized carbons (Fsp3) is 0.467. The maximum atomic E-state index is 12.1. The lowest BCUT2D eigenvalue weighted by atomic mass is 10.1. The Morgan fingerprint density at radius 2 is 1.95 bits per heavy atom. The van der Waals surface area contributed by atoms with Gasteiger partial charge in [-0.05, 0) is 18.1 Å². The number of ether oxygens (including phenoxy) is 1. The smallest absolute Gasteiger partial charge is 0.253 e. The van der Waals surface area contributed by atoms with Crippen molar-refractivity contribution >= 4 is 33.4 Å². The molecule has 0 aliphatic heterocycles. The number of hydrogen-bond acceptors (Lipinski definition) is 3. The fourth-order valence-corrected chi connectivity index (χ4v) is 1.77. The normalized spacial score (nSPS) is 12.0. The van der Waals surface area contributed by atoms with Crippen LogP contribution < -0.4 is 10.6 Å². The van der Waals surface area contributed by atoms with Crippen molar-refractivity contribution in [1.82, 2.24) is 5.32 Å². The number of benzene rings is 1. The van der Waals surface area contributed by atoms with Gasteiger partial charge in [-0.15, -0.1) is 0 Å². The number of methoxy groups -OCH3 is 1. The van der Waals surface area contributed by atoms with E-state index in [9.17, 15) is 9.59 Å². The van der Waals surface area contributed by atoms with Gasteiger partial charge in [-0.2, -0.15) is 0 Å². The molecule has 1 rings (SSSR count). The molecule has 116 valence electrons. The molecule has 0 aromatic heterocycles. The summed E-state index contributed by atoms with van der Waals surface area (Å²) in [5.74, 6) is -0.242. The number of hydrogen-bond donors (Lipinski definition) is 2. The van der Waals surface area contributed by atoms with Gasteiger partial charge in [0.25, 0.3) is 5.91 Å². The number of halogens is 1. The largest absolute Gasteiger partial charge is 0.383 e. The Balaban J connectivity index is 2.79. The first-order valence-electron chi connectivity index (χ1n) is 6.78. The van der Waals surface area contributed by atoms with Crippen LogP contribution in [0.2, 0.25) is 0 Å². The number of amides is 2. The number of carbonyl (C=O) groups is 2. The molecule has 0 bridgehead atoms. The standard InChI is InChI=1S/C15H21BrN2O3/c1-10(2)13(16)15(20)18-12-7-5-4-6-11(12)14(19)17-8-9-21-3/h4-7,10,13H,8-9H2,1-3H3,(H,17,19)(H,18,20). The van der Waals surface area contributed by atoms with Crippen LogP contribution in [0.3, 0.4) is 0 Å². The molecule has 6 heteroatoms. The molecule has 0 radical (unpaired) electrons. The van der Waals surface area contributed by atoms with Gasteiger partial charge in [0.15, 0.2) is 0 Å². The van der Waals surface area contributed by atoms with Gasteiger partial charge < -0.3 is 15.4 Å². The minimum atomic E-state index is -0.304. The first-order chi connectivity index (χ1) is 9.97. The Kier molecular flexibility index (Phi) is 7.39. The third kappa shape index (κ3) is 5.47. The highest BCUT2D eigenvalue weighted by Gasteiger charge is 2.20. The summed E-state index contributed by atoms with van der Waals surface area (Å²) in [6, 6.07) is 6.93. The third-order valence-electron chi connectivity index (χ3n) is 2.86. The van der Waals surface area contributed by atoms with Gasteiger partial charge in [-0.1, -0.05) is 41.9 Å². The van der Waals surface area contributed by atoms with Crippen LogP contribution in [0.15, 0.2) is 24.3 Å². The van der Waals surface area contributed by atoms with E-state index in [1.807, 2.05) is 13.8 Å². The van der Waals surface area contributed by atoms with Crippen molar-refractivity contribution in [2.75, 3.05) is 25.6 Å². The highest BCUT2D eigenvalue weighted by atomic mass is 79.9. The molecule has 5 nitrogen and oxygen atoms in total. The lowest BCUT2D eigenvalue weighted by Gasteiger charge is -2.16. The first kappa shape index (κ1) is 17.7. The second kappa shape index (κ2) is 8.79. The zero-order chi connectivity index (χ0) is 15.8. The van der Waals surface area contributed by atoms with Crippen molar-refractivity contribution in [3.8, 4) is 0 Å². The molecule has 0 heterocycles. The molecule has 1 atom stereocenters. The number of anilines is 1. The molecule has 21 heavy (non-hydrogen) atoms. The molecule has 0 saturated heterocycles. The quantitative estimate of drug-likeness (QED) is 0.582. The molecular formula is C15H21BrN2O3. The average Bonchev–Trinajstić information content (AvgIpc) is 2.46. The van der Waals surface area contributed by atoms with Gasteiger partial charge in [-0.25, -0.2) is 0 Å². The average molecular weight is 357 g/mol. The van der Waals surface area contributed by atoms with E-state index in [1.165, 1.54) is 0 Å². The van der Waals surface area contributed by atoms with E-state index in [1.54, 1.807) is 31.4 Å². The van der Waals surface area contributed by atoms with Crippen LogP contribution in [-0.2, 0) is 9.53 Å². The van der Waals surface area contributed by atoms with Crippen LogP contribution in [-0.4, -0.2) is 36.9 Å². The topological polar surface area (TPSA) is 67.4 Å². The van der Waals surface area contributed by atoms with E-state index in [0.717, 1.165) is 0 Å². The summed E-state index contributed by atoms with van der Waals surface area (Å²) in [5.41, 5.74) is 0.938. The zero-order valence-electron chi connectivity index (χ0n) is 12.5. The van der Waals surface area contributed by atoms with Crippen molar-refractivity contribution in [2.24, 2.45) is 5.92 Å². The monoisotopic (exact) mass is 356 g/mol. The molecule has 2 N–H and O–H groups in total. The highest BCUT2D eigenvalue weighted by Crippen LogP contribution is 2.19. The molecule has 0 spiro atoms. The Morgan fingerprint density at radius 1 is 1.29 bits per heavy atom. The lowest BCUT2D eigenvalue weighted by molar-refractivity contribution is -0.116. The van der Waals surface area contributed by atoms with Crippen molar-refractivity contribution in [3.05, 3.63) is 29.8 Å². The number of nitrogens with one attached hydrogen (secondary N) is 2. The van der Waals surface area contributed by atoms with E-state index in [-0.39, 0.29) is 22.6 Å². The molecular weight excluding hydrogens is 336 g/mol. The Bertz CT molecular complexity index is 492. The van der Waals surface area contributed by atoms with Gasteiger partial charge >= 0.3 is 0 Å². The van der Waals surface area contributed by atoms with Crippen molar-refractivity contribution in [2.45, 2.75) is 18.7 Å². The van der Waals surface area contributed by atoms with Crippen LogP contribution >= 0.6 is 15.9 Å². The second-order valence-electron chi connectivity index (χ2n) is 4.93. The third-order valence-corrected chi connectivity index (χ3v) is 4.33. The first-order valence-corrected chi connectivity index (χ1v) is 7.70. The maximum Gasteiger partial charge on any atom is 0.253 e. The van der Waals surface area contributed by atoms with Gasteiger partial charge in [-0.3, -0.25) is 9.59 Å². The molecule has 0 aliphatic rings. The Hall–Kier alpha value is -1.40. The van der Waals surface area contributed by atoms with Gasteiger partial charge in [0, 0.05) is 13.7 Å². The zero-order valence-corrected chi connectivity index (χ0v) is 14.1. The minimum Gasteiger partial charge on any atom is -0.383 e. The number of alkyl halides is 1. The van der Waals surface area contributed by atoms with E-state index in [4.69, 9.17) is 4.74 Å². The fourth-order valence-electron chi connectivity index (χ4n) is 1.66. The number of rotatable bonds is 7. The summed E-state index contributed by atoms with van der Waals surface area (Å²) in [5, 5.41) is 5.52. The second-order valence-corrected chi connectivity index (χ2v) is 5.92. The summed E-state index contributed by atoms with van der Waals surface area (Å²) in [6.45, 7) is 4.76. The minimum absolute atomic E-state index is 0.160. The molecule has 1 aromatic carbocycles. The van der Waals surface area contributed by atoms with E-state index < -0.39 is 0 Å². The van der Waals surface area contributed by atoms with E-state index in [0.29, 0.717) is 24.4 Å². The van der Waals surface area contributed by atoms with Crippen molar-refractivity contribution < 1.29 is 14.3 Å². The summed E-state index contributed by atoms with van der Waals surface area (Å²) in [7, 11) is 1.57. The predicted octanol–water partition coefficient (Wildman–Crippen LogP) is 2.42. The van der Waals surface area contributed by atoms with Crippen molar-refractivity contribution in [1.29, 1.82) is 0 Å². The van der Waals surface area contributed by atoms with Gasteiger partial charge in [0.1, 0.15) is 0 Å². The molecule has 0 fully saturated rings. The Morgan fingerprint density at radius 3 is 2.57 bits per heavy atom. The van der Waals surface area contributed by atoms with Gasteiger partial charge in [0.2, 0.25) is 5.91 Å². The van der Waals surface area contributed by atoms with Gasteiger partial charge in [0.05, 0.1) is 22.7 Å². The van der Waals surface area contributed by atoms with E-state index >= 15 is 0 Å². The Labute approximate surface area is 133 Å². The van der Waals surface area contributed by atoms with Crippen LogP contribution in [0, 0.1) is 5.92 Å². The highest BCUT2D eigenvalue weighted by molar-refractivity contribution is 9.10. The molecule has 0 aliphatic carbocycles. The summed E-state index contributed by atoms with van der Waals surface area (Å²) in [4.78, 5) is 23.9. The number of carbonyl (C=O) groups excluding carboxylic acids is 2. The lowest BCUT2D eigenvalue weighted by Crippen LogP contribution is -2.30. The van der Waals surface area contributed by atoms with Crippen LogP contribution in [0.25, 0.3) is 0 Å². The number of para-hydroxylation sites is 1. The van der Waals surface area contributed by atoms with Crippen LogP contribution in [0.5, 0.6) is 0 Å². The molecule has 0 saturated carbocycles. The SMILES string of the molecule is COCCNC(=O)c1ccccc1NC(=O)C(Br)C(C)C. The summed E-state index contributed by atoms with van der Waals surface area (Å²) in [6.07, 6.45) is 0. The predicted molar refractivity (Wildman–Crippen MR) is 86.8 cm³/mol. The summed E-state index contributed by atoms with van der Waals surface area (Å²) >= 11 is 3.35. The molecule has 1 unspecified atom stereocenters.